The van der Waals surface area contributed by atoms with E-state index in [9.17, 15) is 13.2 Å². The van der Waals surface area contributed by atoms with Gasteiger partial charge in [-0.05, 0) is 31.5 Å². The first-order valence-electron chi connectivity index (χ1n) is 8.00. The summed E-state index contributed by atoms with van der Waals surface area (Å²) in [5.41, 5.74) is -0.211. The molecule has 1 aliphatic heterocycles. The highest BCUT2D eigenvalue weighted by molar-refractivity contribution is 5.56. The lowest BCUT2D eigenvalue weighted by Crippen LogP contribution is -2.39. The molecular formula is C16H16F3N7. The van der Waals surface area contributed by atoms with Crippen molar-refractivity contribution in [2.75, 3.05) is 23.7 Å². The van der Waals surface area contributed by atoms with Crippen molar-refractivity contribution in [1.29, 1.82) is 5.26 Å². The SMILES string of the molecule is N#Cc1ccc(Nc2ncc(C(F)(F)F)c(N[C@H]3CCCNC3)n2)cn1. The minimum atomic E-state index is -4.56. The van der Waals surface area contributed by atoms with E-state index < -0.39 is 11.7 Å². The minimum Gasteiger partial charge on any atom is -0.365 e. The van der Waals surface area contributed by atoms with Crippen LogP contribution in [0.3, 0.4) is 0 Å². The number of pyridine rings is 1. The maximum absolute atomic E-state index is 13.2. The summed E-state index contributed by atoms with van der Waals surface area (Å²) in [7, 11) is 0. The number of alkyl halides is 3. The van der Waals surface area contributed by atoms with Crippen molar-refractivity contribution in [2.24, 2.45) is 0 Å². The van der Waals surface area contributed by atoms with Gasteiger partial charge in [0.1, 0.15) is 23.1 Å². The molecule has 1 aliphatic rings. The van der Waals surface area contributed by atoms with E-state index in [1.807, 2.05) is 6.07 Å². The molecule has 0 spiro atoms. The van der Waals surface area contributed by atoms with Crippen molar-refractivity contribution in [3.8, 4) is 6.07 Å². The Labute approximate surface area is 147 Å². The van der Waals surface area contributed by atoms with Crippen molar-refractivity contribution in [2.45, 2.75) is 25.1 Å². The summed E-state index contributed by atoms with van der Waals surface area (Å²) in [6.07, 6.45) is -0.773. The van der Waals surface area contributed by atoms with E-state index >= 15 is 0 Å². The third-order valence-corrected chi connectivity index (χ3v) is 3.87. The monoisotopic (exact) mass is 363 g/mol. The minimum absolute atomic E-state index is 0.00998. The molecule has 3 N–H and O–H groups in total. The first-order chi connectivity index (χ1) is 12.5. The molecule has 3 rings (SSSR count). The molecule has 0 aromatic carbocycles. The number of nitrogens with zero attached hydrogens (tertiary/aromatic N) is 4. The molecular weight excluding hydrogens is 347 g/mol. The highest BCUT2D eigenvalue weighted by Gasteiger charge is 2.36. The van der Waals surface area contributed by atoms with E-state index in [1.54, 1.807) is 6.07 Å². The van der Waals surface area contributed by atoms with Crippen LogP contribution in [0.4, 0.5) is 30.6 Å². The summed E-state index contributed by atoms with van der Waals surface area (Å²) in [5, 5.41) is 17.5. The number of aromatic nitrogens is 3. The van der Waals surface area contributed by atoms with Gasteiger partial charge in [0, 0.05) is 18.8 Å². The van der Waals surface area contributed by atoms with Crippen molar-refractivity contribution in [3.05, 3.63) is 35.8 Å². The van der Waals surface area contributed by atoms with E-state index in [0.717, 1.165) is 25.6 Å². The molecule has 1 atom stereocenters. The summed E-state index contributed by atoms with van der Waals surface area (Å²) in [4.78, 5) is 11.6. The average molecular weight is 363 g/mol. The molecule has 26 heavy (non-hydrogen) atoms. The molecule has 1 fully saturated rings. The Morgan fingerprint density at radius 1 is 1.23 bits per heavy atom. The third kappa shape index (κ3) is 4.37. The number of anilines is 3. The first-order valence-corrected chi connectivity index (χ1v) is 8.00. The number of hydrogen-bond acceptors (Lipinski definition) is 7. The Kier molecular flexibility index (Phi) is 5.18. The normalized spacial score (nSPS) is 17.4. The molecule has 0 amide bonds. The molecule has 1 saturated heterocycles. The van der Waals surface area contributed by atoms with Crippen molar-refractivity contribution in [3.63, 3.8) is 0 Å². The van der Waals surface area contributed by atoms with Crippen molar-refractivity contribution < 1.29 is 13.2 Å². The van der Waals surface area contributed by atoms with E-state index in [-0.39, 0.29) is 23.5 Å². The van der Waals surface area contributed by atoms with Crippen LogP contribution in [0.1, 0.15) is 24.1 Å². The fourth-order valence-corrected chi connectivity index (χ4v) is 2.59. The Balaban J connectivity index is 1.84. The number of hydrogen-bond donors (Lipinski definition) is 3. The molecule has 2 aromatic heterocycles. The maximum Gasteiger partial charge on any atom is 0.421 e. The maximum atomic E-state index is 13.2. The van der Waals surface area contributed by atoms with Crippen molar-refractivity contribution >= 4 is 17.5 Å². The van der Waals surface area contributed by atoms with Gasteiger partial charge in [0.15, 0.2) is 0 Å². The van der Waals surface area contributed by atoms with Crippen LogP contribution < -0.4 is 16.0 Å². The zero-order valence-corrected chi connectivity index (χ0v) is 13.6. The number of nitrogens with one attached hydrogen (secondary N) is 3. The summed E-state index contributed by atoms with van der Waals surface area (Å²) >= 11 is 0. The smallest absolute Gasteiger partial charge is 0.365 e. The van der Waals surface area contributed by atoms with Gasteiger partial charge in [0.25, 0.3) is 0 Å². The van der Waals surface area contributed by atoms with E-state index in [4.69, 9.17) is 5.26 Å². The lowest BCUT2D eigenvalue weighted by molar-refractivity contribution is -0.137. The Hall–Kier alpha value is -2.93. The molecule has 0 aliphatic carbocycles. The predicted octanol–water partition coefficient (Wildman–Crippen LogP) is 2.67. The van der Waals surface area contributed by atoms with Gasteiger partial charge in [-0.15, -0.1) is 0 Å². The number of halogens is 3. The van der Waals surface area contributed by atoms with Gasteiger partial charge in [0.2, 0.25) is 5.95 Å². The van der Waals surface area contributed by atoms with Crippen LogP contribution in [0.5, 0.6) is 0 Å². The second kappa shape index (κ2) is 7.53. The summed E-state index contributed by atoms with van der Waals surface area (Å²) < 4.78 is 39.7. The highest BCUT2D eigenvalue weighted by atomic mass is 19.4. The molecule has 3 heterocycles. The van der Waals surface area contributed by atoms with Crippen LogP contribution in [0, 0.1) is 11.3 Å². The largest absolute Gasteiger partial charge is 0.421 e. The van der Waals surface area contributed by atoms with Gasteiger partial charge in [-0.25, -0.2) is 9.97 Å². The zero-order valence-electron chi connectivity index (χ0n) is 13.6. The van der Waals surface area contributed by atoms with E-state index in [2.05, 4.69) is 30.9 Å². The molecule has 2 aromatic rings. The van der Waals surface area contributed by atoms with Crippen LogP contribution in [-0.4, -0.2) is 34.1 Å². The second-order valence-corrected chi connectivity index (χ2v) is 5.81. The van der Waals surface area contributed by atoms with E-state index in [0.29, 0.717) is 12.2 Å². The van der Waals surface area contributed by atoms with Gasteiger partial charge in [-0.1, -0.05) is 0 Å². The Bertz CT molecular complexity index is 793. The number of piperidine rings is 1. The molecule has 0 bridgehead atoms. The van der Waals surface area contributed by atoms with Gasteiger partial charge < -0.3 is 16.0 Å². The first kappa shape index (κ1) is 17.9. The summed E-state index contributed by atoms with van der Waals surface area (Å²) in [6, 6.07) is 4.81. The Morgan fingerprint density at radius 2 is 2.08 bits per heavy atom. The van der Waals surface area contributed by atoms with Crippen LogP contribution in [0.25, 0.3) is 0 Å². The van der Waals surface area contributed by atoms with Crippen LogP contribution in [0.15, 0.2) is 24.5 Å². The standard InChI is InChI=1S/C16H16F3N7/c17-16(18,19)13-9-23-15(25-12-4-3-10(6-20)22-8-12)26-14(13)24-11-2-1-5-21-7-11/h3-4,8-9,11,21H,1-2,5,7H2,(H2,23,24,25,26)/t11-/m0/s1. The fourth-order valence-electron chi connectivity index (χ4n) is 2.59. The average Bonchev–Trinajstić information content (AvgIpc) is 2.62. The lowest BCUT2D eigenvalue weighted by atomic mass is 10.1. The summed E-state index contributed by atoms with van der Waals surface area (Å²) in [5.74, 6) is -0.249. The molecule has 7 nitrogen and oxygen atoms in total. The Morgan fingerprint density at radius 3 is 2.69 bits per heavy atom. The molecule has 0 unspecified atom stereocenters. The van der Waals surface area contributed by atoms with Crippen LogP contribution in [0.2, 0.25) is 0 Å². The van der Waals surface area contributed by atoms with Crippen LogP contribution >= 0.6 is 0 Å². The molecule has 0 saturated carbocycles. The molecule has 0 radical (unpaired) electrons. The van der Waals surface area contributed by atoms with Crippen molar-refractivity contribution in [1.82, 2.24) is 20.3 Å². The zero-order chi connectivity index (χ0) is 18.6. The van der Waals surface area contributed by atoms with Gasteiger partial charge in [-0.2, -0.15) is 23.4 Å². The molecule has 136 valence electrons. The fraction of sp³-hybridized carbons (Fsp3) is 0.375. The topological polar surface area (TPSA) is 98.5 Å². The number of nitriles is 1. The van der Waals surface area contributed by atoms with E-state index in [1.165, 1.54) is 12.3 Å². The third-order valence-electron chi connectivity index (χ3n) is 3.87. The quantitative estimate of drug-likeness (QED) is 0.768. The lowest BCUT2D eigenvalue weighted by Gasteiger charge is -2.25. The van der Waals surface area contributed by atoms with Crippen LogP contribution in [-0.2, 0) is 6.18 Å². The highest BCUT2D eigenvalue weighted by Crippen LogP contribution is 2.34. The second-order valence-electron chi connectivity index (χ2n) is 5.81. The van der Waals surface area contributed by atoms with Gasteiger partial charge >= 0.3 is 6.18 Å². The van der Waals surface area contributed by atoms with Gasteiger partial charge in [-0.3, -0.25) is 0 Å². The number of rotatable bonds is 4. The molecule has 10 heteroatoms. The predicted molar refractivity (Wildman–Crippen MR) is 88.8 cm³/mol. The summed E-state index contributed by atoms with van der Waals surface area (Å²) in [6.45, 7) is 1.43. The van der Waals surface area contributed by atoms with Gasteiger partial charge in [0.05, 0.1) is 11.9 Å².